The summed E-state index contributed by atoms with van der Waals surface area (Å²) < 4.78 is 27.7. The first-order valence-corrected chi connectivity index (χ1v) is 13.3. The van der Waals surface area contributed by atoms with E-state index in [0.29, 0.717) is 37.2 Å². The van der Waals surface area contributed by atoms with Crippen molar-refractivity contribution >= 4 is 33.6 Å². The van der Waals surface area contributed by atoms with E-state index in [1.54, 1.807) is 19.1 Å². The zero-order valence-electron chi connectivity index (χ0n) is 19.7. The highest BCUT2D eigenvalue weighted by molar-refractivity contribution is 7.89. The van der Waals surface area contributed by atoms with Crippen molar-refractivity contribution in [1.82, 2.24) is 14.5 Å². The first-order chi connectivity index (χ1) is 16.8. The Bertz CT molecular complexity index is 1210. The summed E-state index contributed by atoms with van der Waals surface area (Å²) in [7, 11) is -3.67. The SMILES string of the molecule is Cc1ccc(NC(=O)CN2C(=O)N[C@@H](CCc3ccccc3)C2=O)cc1S(=O)(=O)N1CCCCC1. The summed E-state index contributed by atoms with van der Waals surface area (Å²) in [5, 5.41) is 5.27. The monoisotopic (exact) mass is 498 g/mol. The largest absolute Gasteiger partial charge is 0.326 e. The highest BCUT2D eigenvalue weighted by Crippen LogP contribution is 2.26. The van der Waals surface area contributed by atoms with E-state index in [0.717, 1.165) is 29.7 Å². The second-order valence-corrected chi connectivity index (χ2v) is 10.9. The van der Waals surface area contributed by atoms with Gasteiger partial charge in [-0.3, -0.25) is 14.5 Å². The van der Waals surface area contributed by atoms with E-state index in [9.17, 15) is 22.8 Å². The third kappa shape index (κ3) is 5.71. The number of benzene rings is 2. The molecule has 0 spiro atoms. The number of aryl methyl sites for hydroxylation is 2. The molecule has 0 radical (unpaired) electrons. The number of amides is 4. The van der Waals surface area contributed by atoms with Crippen molar-refractivity contribution in [3.8, 4) is 0 Å². The predicted molar refractivity (Wildman–Crippen MR) is 131 cm³/mol. The summed E-state index contributed by atoms with van der Waals surface area (Å²) in [4.78, 5) is 38.7. The van der Waals surface area contributed by atoms with E-state index in [4.69, 9.17) is 0 Å². The Morgan fingerprint density at radius 3 is 2.49 bits per heavy atom. The van der Waals surface area contributed by atoms with Gasteiger partial charge in [0.05, 0.1) is 4.90 Å². The number of imide groups is 1. The number of sulfonamides is 1. The second-order valence-electron chi connectivity index (χ2n) is 8.94. The Kier molecular flexibility index (Phi) is 7.51. The number of hydrogen-bond donors (Lipinski definition) is 2. The van der Waals surface area contributed by atoms with Gasteiger partial charge in [-0.25, -0.2) is 13.2 Å². The molecule has 10 heteroatoms. The number of carbonyl (C=O) groups excluding carboxylic acids is 3. The van der Waals surface area contributed by atoms with Crippen LogP contribution < -0.4 is 10.6 Å². The normalized spacial score (nSPS) is 19.0. The van der Waals surface area contributed by atoms with Crippen molar-refractivity contribution in [2.75, 3.05) is 25.0 Å². The Morgan fingerprint density at radius 2 is 1.77 bits per heavy atom. The van der Waals surface area contributed by atoms with Gasteiger partial charge in [-0.1, -0.05) is 42.8 Å². The molecule has 2 aromatic rings. The molecule has 9 nitrogen and oxygen atoms in total. The zero-order chi connectivity index (χ0) is 25.0. The quantitative estimate of drug-likeness (QED) is 0.543. The van der Waals surface area contributed by atoms with Crippen LogP contribution in [0.3, 0.4) is 0 Å². The van der Waals surface area contributed by atoms with E-state index in [-0.39, 0.29) is 4.90 Å². The van der Waals surface area contributed by atoms with Gasteiger partial charge in [0.2, 0.25) is 15.9 Å². The number of urea groups is 1. The molecule has 4 amide bonds. The molecule has 0 aromatic heterocycles. The number of anilines is 1. The smallest absolute Gasteiger partial charge is 0.325 e. The standard InChI is InChI=1S/C25H30N4O5S/c1-18-10-12-20(16-22(18)35(33,34)28-14-6-3-7-15-28)26-23(30)17-29-24(31)21(27-25(29)32)13-11-19-8-4-2-5-9-19/h2,4-5,8-10,12,16,21H,3,6-7,11,13-15,17H2,1H3,(H,26,30)(H,27,32)/t21-/m0/s1. The van der Waals surface area contributed by atoms with Gasteiger partial charge < -0.3 is 10.6 Å². The van der Waals surface area contributed by atoms with Gasteiger partial charge in [-0.05, 0) is 55.9 Å². The van der Waals surface area contributed by atoms with Gasteiger partial charge in [0, 0.05) is 18.8 Å². The lowest BCUT2D eigenvalue weighted by Crippen LogP contribution is -2.38. The number of nitrogens with zero attached hydrogens (tertiary/aromatic N) is 2. The maximum absolute atomic E-state index is 13.1. The van der Waals surface area contributed by atoms with E-state index in [1.165, 1.54) is 10.4 Å². The third-order valence-corrected chi connectivity index (χ3v) is 8.42. The lowest BCUT2D eigenvalue weighted by Gasteiger charge is -2.26. The molecule has 2 heterocycles. The van der Waals surface area contributed by atoms with Crippen LogP contribution in [0.2, 0.25) is 0 Å². The number of rotatable bonds is 8. The van der Waals surface area contributed by atoms with Crippen molar-refractivity contribution in [3.05, 3.63) is 59.7 Å². The fraction of sp³-hybridized carbons (Fsp3) is 0.400. The van der Waals surface area contributed by atoms with Crippen LogP contribution in [0.5, 0.6) is 0 Å². The van der Waals surface area contributed by atoms with Crippen LogP contribution in [0.15, 0.2) is 53.4 Å². The molecule has 2 aliphatic heterocycles. The fourth-order valence-corrected chi connectivity index (χ4v) is 6.19. The highest BCUT2D eigenvalue weighted by Gasteiger charge is 2.38. The molecule has 2 aromatic carbocycles. The van der Waals surface area contributed by atoms with Crippen LogP contribution in [-0.4, -0.2) is 61.1 Å². The second kappa shape index (κ2) is 10.6. The highest BCUT2D eigenvalue weighted by atomic mass is 32.2. The summed E-state index contributed by atoms with van der Waals surface area (Å²) >= 11 is 0. The van der Waals surface area contributed by atoms with Crippen molar-refractivity contribution < 1.29 is 22.8 Å². The molecular weight excluding hydrogens is 468 g/mol. The lowest BCUT2D eigenvalue weighted by molar-refractivity contribution is -0.130. The predicted octanol–water partition coefficient (Wildman–Crippen LogP) is 2.66. The van der Waals surface area contributed by atoms with Crippen molar-refractivity contribution in [3.63, 3.8) is 0 Å². The van der Waals surface area contributed by atoms with Crippen LogP contribution in [0.4, 0.5) is 10.5 Å². The molecule has 2 fully saturated rings. The Labute approximate surface area is 205 Å². The number of piperidine rings is 1. The Hall–Kier alpha value is -3.24. The molecule has 35 heavy (non-hydrogen) atoms. The average molecular weight is 499 g/mol. The van der Waals surface area contributed by atoms with Crippen molar-refractivity contribution in [1.29, 1.82) is 0 Å². The summed E-state index contributed by atoms with van der Waals surface area (Å²) in [6.07, 6.45) is 3.72. The van der Waals surface area contributed by atoms with Gasteiger partial charge in [-0.15, -0.1) is 0 Å². The minimum atomic E-state index is -3.67. The molecule has 0 aliphatic carbocycles. The topological polar surface area (TPSA) is 116 Å². The molecule has 1 atom stereocenters. The number of carbonyl (C=O) groups is 3. The molecule has 2 aliphatic rings. The minimum absolute atomic E-state index is 0.146. The van der Waals surface area contributed by atoms with Crippen molar-refractivity contribution in [2.45, 2.75) is 50.0 Å². The summed E-state index contributed by atoms with van der Waals surface area (Å²) in [6, 6.07) is 13.0. The van der Waals surface area contributed by atoms with Gasteiger partial charge in [0.1, 0.15) is 12.6 Å². The summed E-state index contributed by atoms with van der Waals surface area (Å²) in [5.41, 5.74) is 1.94. The number of hydrogen-bond acceptors (Lipinski definition) is 5. The van der Waals surface area contributed by atoms with Gasteiger partial charge in [0.25, 0.3) is 5.91 Å². The van der Waals surface area contributed by atoms with Gasteiger partial charge in [0.15, 0.2) is 0 Å². The van der Waals surface area contributed by atoms with E-state index >= 15 is 0 Å². The van der Waals surface area contributed by atoms with Gasteiger partial charge in [-0.2, -0.15) is 4.31 Å². The maximum atomic E-state index is 13.1. The minimum Gasteiger partial charge on any atom is -0.326 e. The summed E-state index contributed by atoms with van der Waals surface area (Å²) in [5.74, 6) is -1.03. The maximum Gasteiger partial charge on any atom is 0.325 e. The van der Waals surface area contributed by atoms with E-state index in [1.807, 2.05) is 30.3 Å². The molecule has 0 saturated carbocycles. The molecule has 2 N–H and O–H groups in total. The molecule has 0 unspecified atom stereocenters. The third-order valence-electron chi connectivity index (χ3n) is 6.38. The van der Waals surface area contributed by atoms with Crippen LogP contribution in [0, 0.1) is 6.92 Å². The first kappa shape index (κ1) is 24.9. The fourth-order valence-electron chi connectivity index (χ4n) is 4.42. The van der Waals surface area contributed by atoms with Crippen LogP contribution >= 0.6 is 0 Å². The molecular formula is C25H30N4O5S. The van der Waals surface area contributed by atoms with Crippen LogP contribution in [-0.2, 0) is 26.0 Å². The lowest BCUT2D eigenvalue weighted by atomic mass is 10.1. The Morgan fingerprint density at radius 1 is 1.06 bits per heavy atom. The van der Waals surface area contributed by atoms with E-state index < -0.39 is 40.5 Å². The molecule has 2 saturated heterocycles. The summed E-state index contributed by atoms with van der Waals surface area (Å²) in [6.45, 7) is 2.23. The van der Waals surface area contributed by atoms with E-state index in [2.05, 4.69) is 10.6 Å². The van der Waals surface area contributed by atoms with Crippen molar-refractivity contribution in [2.24, 2.45) is 0 Å². The number of nitrogens with one attached hydrogen (secondary N) is 2. The average Bonchev–Trinajstić information content (AvgIpc) is 3.12. The molecule has 0 bridgehead atoms. The van der Waals surface area contributed by atoms with Crippen LogP contribution in [0.1, 0.15) is 36.8 Å². The first-order valence-electron chi connectivity index (χ1n) is 11.8. The Balaban J connectivity index is 1.39. The van der Waals surface area contributed by atoms with Gasteiger partial charge >= 0.3 is 6.03 Å². The molecule has 4 rings (SSSR count). The van der Waals surface area contributed by atoms with Crippen LogP contribution in [0.25, 0.3) is 0 Å². The molecule has 186 valence electrons. The zero-order valence-corrected chi connectivity index (χ0v) is 20.5.